The highest BCUT2D eigenvalue weighted by atomic mass is 19.3. The van der Waals surface area contributed by atoms with Crippen LogP contribution in [0.25, 0.3) is 0 Å². The molecular weight excluding hydrogens is 322 g/mol. The molecule has 132 valence electrons. The molecule has 1 unspecified atom stereocenters. The topological polar surface area (TPSA) is 78.9 Å². The van der Waals surface area contributed by atoms with Crippen LogP contribution in [0.15, 0.2) is 24.3 Å². The van der Waals surface area contributed by atoms with E-state index >= 15 is 0 Å². The fourth-order valence-electron chi connectivity index (χ4n) is 2.53. The summed E-state index contributed by atoms with van der Waals surface area (Å²) >= 11 is 0. The molecule has 2 N–H and O–H groups in total. The van der Waals surface area contributed by atoms with Gasteiger partial charge in [0.2, 0.25) is 5.91 Å². The number of aliphatic hydroxyl groups excluding tert-OH is 1. The van der Waals surface area contributed by atoms with E-state index in [2.05, 4.69) is 5.32 Å². The Kier molecular flexibility index (Phi) is 5.71. The maximum Gasteiger partial charge on any atom is 0.256 e. The molecule has 0 radical (unpaired) electrons. The highest BCUT2D eigenvalue weighted by Crippen LogP contribution is 2.33. The molecule has 1 heterocycles. The standard InChI is InChI=1S/C16H20F2N2O4/c1-24-13-4-2-3-11(7-13)15(23)19-8-14(22)20-6-5-16(17,18)12(9-20)10-21/h2-4,7,12,21H,5-6,8-10H2,1H3,(H,19,23). The number of benzene rings is 1. The average Bonchev–Trinajstić information content (AvgIpc) is 2.59. The molecule has 2 rings (SSSR count). The van der Waals surface area contributed by atoms with Gasteiger partial charge in [0.1, 0.15) is 5.75 Å². The summed E-state index contributed by atoms with van der Waals surface area (Å²) in [5.41, 5.74) is 0.334. The average molecular weight is 342 g/mol. The van der Waals surface area contributed by atoms with Crippen molar-refractivity contribution in [2.75, 3.05) is 33.4 Å². The van der Waals surface area contributed by atoms with E-state index in [4.69, 9.17) is 9.84 Å². The Labute approximate surface area is 138 Å². The smallest absolute Gasteiger partial charge is 0.256 e. The predicted octanol–water partition coefficient (Wildman–Crippen LogP) is 0.901. The molecular formula is C16H20F2N2O4. The van der Waals surface area contributed by atoms with E-state index in [-0.39, 0.29) is 19.6 Å². The van der Waals surface area contributed by atoms with E-state index in [0.29, 0.717) is 11.3 Å². The number of likely N-dealkylation sites (tertiary alicyclic amines) is 1. The van der Waals surface area contributed by atoms with Gasteiger partial charge in [0, 0.05) is 25.1 Å². The van der Waals surface area contributed by atoms with Crippen LogP contribution in [-0.2, 0) is 4.79 Å². The Morgan fingerprint density at radius 3 is 2.88 bits per heavy atom. The van der Waals surface area contributed by atoms with Crippen molar-refractivity contribution in [3.63, 3.8) is 0 Å². The predicted molar refractivity (Wildman–Crippen MR) is 82.0 cm³/mol. The van der Waals surface area contributed by atoms with Crippen molar-refractivity contribution in [3.05, 3.63) is 29.8 Å². The first-order chi connectivity index (χ1) is 11.4. The summed E-state index contributed by atoms with van der Waals surface area (Å²) in [4.78, 5) is 25.4. The summed E-state index contributed by atoms with van der Waals surface area (Å²) in [5, 5.41) is 11.5. The number of aliphatic hydroxyl groups is 1. The SMILES string of the molecule is COc1cccc(C(=O)NCC(=O)N2CCC(F)(F)C(CO)C2)c1. The van der Waals surface area contributed by atoms with Crippen molar-refractivity contribution in [3.8, 4) is 5.75 Å². The molecule has 0 aromatic heterocycles. The van der Waals surface area contributed by atoms with Crippen molar-refractivity contribution in [1.82, 2.24) is 10.2 Å². The number of carbonyl (C=O) groups excluding carboxylic acids is 2. The molecule has 1 fully saturated rings. The normalized spacial score (nSPS) is 19.7. The minimum Gasteiger partial charge on any atom is -0.497 e. The second-order valence-electron chi connectivity index (χ2n) is 5.64. The minimum absolute atomic E-state index is 0.0998. The van der Waals surface area contributed by atoms with Gasteiger partial charge in [-0.05, 0) is 18.2 Å². The number of hydrogen-bond acceptors (Lipinski definition) is 4. The first kappa shape index (κ1) is 18.1. The van der Waals surface area contributed by atoms with Crippen molar-refractivity contribution < 1.29 is 28.2 Å². The number of piperidine rings is 1. The monoisotopic (exact) mass is 342 g/mol. The highest BCUT2D eigenvalue weighted by Gasteiger charge is 2.44. The van der Waals surface area contributed by atoms with Gasteiger partial charge >= 0.3 is 0 Å². The van der Waals surface area contributed by atoms with E-state index in [1.807, 2.05) is 0 Å². The van der Waals surface area contributed by atoms with E-state index in [1.165, 1.54) is 18.1 Å². The summed E-state index contributed by atoms with van der Waals surface area (Å²) in [7, 11) is 1.48. The van der Waals surface area contributed by atoms with Crippen molar-refractivity contribution in [1.29, 1.82) is 0 Å². The Bertz CT molecular complexity index is 609. The first-order valence-corrected chi connectivity index (χ1v) is 7.56. The van der Waals surface area contributed by atoms with Crippen LogP contribution < -0.4 is 10.1 Å². The summed E-state index contributed by atoms with van der Waals surface area (Å²) < 4.78 is 32.1. The van der Waals surface area contributed by atoms with Crippen LogP contribution in [0, 0.1) is 5.92 Å². The van der Waals surface area contributed by atoms with E-state index in [0.717, 1.165) is 0 Å². The molecule has 1 atom stereocenters. The molecule has 1 aliphatic rings. The number of methoxy groups -OCH3 is 1. The molecule has 24 heavy (non-hydrogen) atoms. The van der Waals surface area contributed by atoms with Gasteiger partial charge in [-0.25, -0.2) is 8.78 Å². The first-order valence-electron chi connectivity index (χ1n) is 7.56. The summed E-state index contributed by atoms with van der Waals surface area (Å²) in [6.45, 7) is -1.30. The summed E-state index contributed by atoms with van der Waals surface area (Å²) in [6.07, 6.45) is -0.492. The number of amides is 2. The van der Waals surface area contributed by atoms with Crippen LogP contribution in [0.2, 0.25) is 0 Å². The van der Waals surface area contributed by atoms with Gasteiger partial charge in [0.25, 0.3) is 11.8 Å². The van der Waals surface area contributed by atoms with Gasteiger partial charge in [-0.2, -0.15) is 0 Å². The lowest BCUT2D eigenvalue weighted by atomic mass is 9.94. The van der Waals surface area contributed by atoms with Gasteiger partial charge in [-0.15, -0.1) is 0 Å². The lowest BCUT2D eigenvalue weighted by Crippen LogP contribution is -2.52. The van der Waals surface area contributed by atoms with Gasteiger partial charge in [-0.3, -0.25) is 9.59 Å². The van der Waals surface area contributed by atoms with E-state index < -0.39 is 36.7 Å². The third-order valence-corrected chi connectivity index (χ3v) is 4.06. The number of alkyl halides is 2. The second-order valence-corrected chi connectivity index (χ2v) is 5.64. The van der Waals surface area contributed by atoms with Crippen LogP contribution in [0.3, 0.4) is 0 Å². The Balaban J connectivity index is 1.90. The van der Waals surface area contributed by atoms with Gasteiger partial charge in [0.05, 0.1) is 26.2 Å². The number of halogens is 2. The van der Waals surface area contributed by atoms with Crippen LogP contribution in [0.5, 0.6) is 5.75 Å². The van der Waals surface area contributed by atoms with E-state index in [1.54, 1.807) is 18.2 Å². The lowest BCUT2D eigenvalue weighted by Gasteiger charge is -2.37. The van der Waals surface area contributed by atoms with E-state index in [9.17, 15) is 18.4 Å². The molecule has 1 saturated heterocycles. The van der Waals surface area contributed by atoms with Crippen LogP contribution >= 0.6 is 0 Å². The molecule has 0 saturated carbocycles. The molecule has 1 aromatic carbocycles. The van der Waals surface area contributed by atoms with Crippen molar-refractivity contribution in [2.45, 2.75) is 12.3 Å². The third-order valence-electron chi connectivity index (χ3n) is 4.06. The summed E-state index contributed by atoms with van der Waals surface area (Å²) in [6, 6.07) is 6.44. The number of nitrogens with one attached hydrogen (secondary N) is 1. The van der Waals surface area contributed by atoms with Gasteiger partial charge < -0.3 is 20.1 Å². The number of nitrogens with zero attached hydrogens (tertiary/aromatic N) is 1. The molecule has 1 aromatic rings. The molecule has 0 spiro atoms. The summed E-state index contributed by atoms with van der Waals surface area (Å²) in [5.74, 6) is -4.65. The zero-order valence-electron chi connectivity index (χ0n) is 13.3. The van der Waals surface area contributed by atoms with Crippen molar-refractivity contribution in [2.24, 2.45) is 5.92 Å². The maximum atomic E-state index is 13.5. The molecule has 1 aliphatic heterocycles. The highest BCUT2D eigenvalue weighted by molar-refractivity contribution is 5.96. The lowest BCUT2D eigenvalue weighted by molar-refractivity contribution is -0.148. The number of hydrogen-bond donors (Lipinski definition) is 2. The number of ether oxygens (including phenoxy) is 1. The molecule has 6 nitrogen and oxygen atoms in total. The largest absolute Gasteiger partial charge is 0.497 e. The fraction of sp³-hybridized carbons (Fsp3) is 0.500. The van der Waals surface area contributed by atoms with Gasteiger partial charge in [-0.1, -0.05) is 6.07 Å². The van der Waals surface area contributed by atoms with Crippen LogP contribution in [0.1, 0.15) is 16.8 Å². The Morgan fingerprint density at radius 2 is 2.21 bits per heavy atom. The molecule has 0 aliphatic carbocycles. The van der Waals surface area contributed by atoms with Crippen LogP contribution in [-0.4, -0.2) is 61.1 Å². The zero-order chi connectivity index (χ0) is 17.7. The Morgan fingerprint density at radius 1 is 1.46 bits per heavy atom. The Hall–Kier alpha value is -2.22. The number of carbonyl (C=O) groups is 2. The minimum atomic E-state index is -2.98. The number of rotatable bonds is 5. The third kappa shape index (κ3) is 4.19. The van der Waals surface area contributed by atoms with Gasteiger partial charge in [0.15, 0.2) is 0 Å². The maximum absolute atomic E-state index is 13.5. The molecule has 0 bridgehead atoms. The van der Waals surface area contributed by atoms with Crippen LogP contribution in [0.4, 0.5) is 8.78 Å². The quantitative estimate of drug-likeness (QED) is 0.833. The zero-order valence-corrected chi connectivity index (χ0v) is 13.3. The molecule has 8 heteroatoms. The van der Waals surface area contributed by atoms with Crippen molar-refractivity contribution >= 4 is 11.8 Å². The second kappa shape index (κ2) is 7.57. The fourth-order valence-corrected chi connectivity index (χ4v) is 2.53. The molecule has 2 amide bonds.